The molecule has 20 rings (SSSR count). The molecule has 119 heavy (non-hydrogen) atoms. The molecule has 0 bridgehead atoms. The van der Waals surface area contributed by atoms with E-state index in [4.69, 9.17) is 40.1 Å². The number of amides is 1. The van der Waals surface area contributed by atoms with Crippen molar-refractivity contribution in [2.75, 3.05) is 45.5 Å². The minimum atomic E-state index is -0.451. The number of hydrogen-bond donors (Lipinski definition) is 9. The van der Waals surface area contributed by atoms with Crippen molar-refractivity contribution >= 4 is 135 Å². The third-order valence-corrected chi connectivity index (χ3v) is 19.3. The lowest BCUT2D eigenvalue weighted by Crippen LogP contribution is -2.22. The fourth-order valence-electron chi connectivity index (χ4n) is 13.7. The second-order valence-electron chi connectivity index (χ2n) is 27.3. The third kappa shape index (κ3) is 15.2. The second kappa shape index (κ2) is 32.0. The molecule has 0 atom stereocenters. The highest BCUT2D eigenvalue weighted by Crippen LogP contribution is 2.26. The summed E-state index contributed by atoms with van der Waals surface area (Å²) in [5.41, 5.74) is 54.3. The number of nitrogen functional groups attached to an aromatic ring is 7. The van der Waals surface area contributed by atoms with Gasteiger partial charge in [0.1, 0.15) is 5.82 Å². The highest BCUT2D eigenvalue weighted by atomic mass is 19.1. The zero-order valence-corrected chi connectivity index (χ0v) is 63.1. The number of halogens is 1. The van der Waals surface area contributed by atoms with Gasteiger partial charge in [0.05, 0.1) is 94.5 Å². The van der Waals surface area contributed by atoms with Crippen molar-refractivity contribution in [3.63, 3.8) is 0 Å². The van der Waals surface area contributed by atoms with Gasteiger partial charge in [-0.05, 0) is 112 Å². The number of benzene rings is 10. The topological polar surface area (TPSA) is 492 Å². The number of aromatic nitrogens is 20. The van der Waals surface area contributed by atoms with Crippen LogP contribution in [0.3, 0.4) is 0 Å². The number of rotatable bonds is 12. The molecule has 1 amide bonds. The quantitative estimate of drug-likeness (QED) is 0.0549. The van der Waals surface area contributed by atoms with Gasteiger partial charge < -0.3 is 50.6 Å². The van der Waals surface area contributed by atoms with E-state index in [0.29, 0.717) is 114 Å². The number of nitrogens with zero attached hydrogens (tertiary/aromatic N) is 20. The number of aliphatic hydroxyl groups excluding tert-OH is 1. The molecule has 10 aromatic heterocycles. The number of carbonyl (C=O) groups is 1. The van der Waals surface area contributed by atoms with Gasteiger partial charge in [0, 0.05) is 30.1 Å². The van der Waals surface area contributed by atoms with Crippen LogP contribution in [0.4, 0.5) is 50.5 Å². The van der Waals surface area contributed by atoms with Gasteiger partial charge in [-0.25, -0.2) is 98.7 Å². The van der Waals surface area contributed by atoms with E-state index >= 15 is 0 Å². The van der Waals surface area contributed by atoms with Crippen molar-refractivity contribution in [1.29, 1.82) is 0 Å². The fraction of sp³-hybridized carbons (Fsp3) is 0.0843. The summed E-state index contributed by atoms with van der Waals surface area (Å²) < 4.78 is 27.5. The van der Waals surface area contributed by atoms with Crippen molar-refractivity contribution in [2.24, 2.45) is 0 Å². The highest BCUT2D eigenvalue weighted by molar-refractivity contribution is 5.93. The Balaban J connectivity index is 0.000000111. The number of hydrogen-bond acceptors (Lipinski definition) is 24. The van der Waals surface area contributed by atoms with Gasteiger partial charge >= 0.3 is 28.4 Å². The Kier molecular flexibility index (Phi) is 20.5. The maximum absolute atomic E-state index is 13.5. The Hall–Kier alpha value is -16.8. The van der Waals surface area contributed by atoms with Crippen LogP contribution < -0.4 is 73.9 Å². The van der Waals surface area contributed by atoms with Gasteiger partial charge in [0.2, 0.25) is 34.1 Å². The largest absolute Gasteiger partial charge is 0.399 e. The molecule has 0 unspecified atom stereocenters. The minimum absolute atomic E-state index is 0.0923. The number of para-hydroxylation sites is 5. The lowest BCUT2D eigenvalue weighted by Gasteiger charge is -2.06. The van der Waals surface area contributed by atoms with Crippen LogP contribution >= 0.6 is 0 Å². The van der Waals surface area contributed by atoms with Crippen LogP contribution in [0.15, 0.2) is 267 Å². The van der Waals surface area contributed by atoms with E-state index in [1.54, 1.807) is 48.5 Å². The third-order valence-electron chi connectivity index (χ3n) is 19.3. The molecule has 0 fully saturated rings. The van der Waals surface area contributed by atoms with E-state index in [-0.39, 0.29) is 88.8 Å². The van der Waals surface area contributed by atoms with Crippen LogP contribution in [0.2, 0.25) is 0 Å². The molecule has 10 heterocycles. The summed E-state index contributed by atoms with van der Waals surface area (Å²) in [7, 11) is 0. The van der Waals surface area contributed by atoms with E-state index in [1.807, 2.05) is 176 Å². The lowest BCUT2D eigenvalue weighted by atomic mass is 10.1. The van der Waals surface area contributed by atoms with Gasteiger partial charge in [-0.1, -0.05) is 158 Å². The standard InChI is InChI=1S/C18H16N6O2.C17H15N5O2.C16H12FN5O.2C16H14N6O/c1-11(25)20-13-7-8-15-14(9-13)21-16(19)17-22-23(18(26)24(15)17)10-12-5-3-2-4-6-12;18-15-16-20-21(9-11-5-1-2-6-12(11)10-23)17(24)22(16)14-8-4-3-7-13(14)19-15;17-11-6-7-12-13(8-11)22-15(14(18)19-12)20-21(16(22)23)9-10-4-2-1-3-5-10;17-11-6-2-1-5-10(11)9-21-16(23)22-13-8-4-3-7-12(13)19-14(18)15(22)20-21;17-11-6-7-13-12(8-11)19-14(18)15-20-21(16(23)22(13)15)9-10-4-2-1-3-5-10/h2-9H,10H2,1H3,(H2,19,21)(H,20,25);1-8,23H,9-10H2,(H2,18,19);1-8H,9H2,(H2,18,19);2*1-8H,9,17H2,(H2,18,19). The minimum Gasteiger partial charge on any atom is -0.399 e. The SMILES string of the molecule is CC(=O)Nc1ccc2c(c1)nc(N)c1nn(Cc3ccccc3)c(=O)n12.Nc1ccc2c(c1)nc(N)c1nn(Cc3ccccc3)c(=O)n12.Nc1ccccc1Cn1nc2c(N)nc3ccccc3n2c1=O.Nc1nc2ccc(F)cc2n2c(=O)n(Cc3ccccc3)nc12.Nc1nc2ccccc2n2c(=O)n(Cc3ccccc3CO)nc12. The first kappa shape index (κ1) is 76.2. The molecule has 36 heteroatoms. The number of anilines is 8. The van der Waals surface area contributed by atoms with Crippen LogP contribution in [0.5, 0.6) is 0 Å². The monoisotopic (exact) mass is 1590 g/mol. The molecule has 0 saturated heterocycles. The van der Waals surface area contributed by atoms with Crippen molar-refractivity contribution in [1.82, 2.24) is 95.8 Å². The van der Waals surface area contributed by atoms with Crippen LogP contribution in [-0.4, -0.2) is 107 Å². The molecule has 20 aromatic rings. The summed E-state index contributed by atoms with van der Waals surface area (Å²) in [4.78, 5) is 96.5. The van der Waals surface area contributed by atoms with E-state index in [1.165, 1.54) is 70.5 Å². The zero-order valence-electron chi connectivity index (χ0n) is 63.1. The zero-order chi connectivity index (χ0) is 82.9. The summed E-state index contributed by atoms with van der Waals surface area (Å²) in [5.74, 6) is 0.279. The van der Waals surface area contributed by atoms with Crippen molar-refractivity contribution in [3.8, 4) is 0 Å². The molecular formula is C83H71FN28O7. The Morgan fingerprint density at radius 3 is 1.08 bits per heavy atom. The predicted octanol–water partition coefficient (Wildman–Crippen LogP) is 7.13. The van der Waals surface area contributed by atoms with Crippen LogP contribution in [0.25, 0.3) is 83.4 Å². The summed E-state index contributed by atoms with van der Waals surface area (Å²) in [6.45, 7) is 2.88. The maximum atomic E-state index is 13.5. The van der Waals surface area contributed by atoms with Gasteiger partial charge in [-0.3, -0.25) is 4.79 Å². The number of fused-ring (bicyclic) bond motifs is 15. The van der Waals surface area contributed by atoms with E-state index in [2.05, 4.69) is 55.7 Å². The summed E-state index contributed by atoms with van der Waals surface area (Å²) in [6, 6.07) is 72.4. The molecule has 0 radical (unpaired) electrons. The first-order valence-electron chi connectivity index (χ1n) is 36.8. The Morgan fingerprint density at radius 1 is 0.336 bits per heavy atom. The van der Waals surface area contributed by atoms with E-state index in [0.717, 1.165) is 33.4 Å². The molecule has 0 spiro atoms. The Labute approximate surface area is 668 Å². The molecule has 0 saturated carbocycles. The first-order valence-corrected chi connectivity index (χ1v) is 36.8. The van der Waals surface area contributed by atoms with Crippen molar-refractivity contribution < 1.29 is 14.3 Å². The molecule has 16 N–H and O–H groups in total. The Morgan fingerprint density at radius 2 is 0.664 bits per heavy atom. The van der Waals surface area contributed by atoms with Crippen LogP contribution in [-0.2, 0) is 44.1 Å². The molecule has 0 aliphatic rings. The molecule has 0 aliphatic heterocycles. The highest BCUT2D eigenvalue weighted by Gasteiger charge is 2.22. The summed E-state index contributed by atoms with van der Waals surface area (Å²) in [6.07, 6.45) is 0. The second-order valence-corrected chi connectivity index (χ2v) is 27.3. The number of nitrogens with two attached hydrogens (primary N) is 7. The van der Waals surface area contributed by atoms with Gasteiger partial charge in [0.25, 0.3) is 0 Å². The van der Waals surface area contributed by atoms with Crippen LogP contribution in [0, 0.1) is 5.82 Å². The van der Waals surface area contributed by atoms with Crippen molar-refractivity contribution in [2.45, 2.75) is 46.3 Å². The van der Waals surface area contributed by atoms with E-state index < -0.39 is 5.82 Å². The predicted molar refractivity (Wildman–Crippen MR) is 453 cm³/mol. The van der Waals surface area contributed by atoms with Gasteiger partial charge in [-0.15, -0.1) is 25.5 Å². The molecule has 10 aromatic carbocycles. The summed E-state index contributed by atoms with van der Waals surface area (Å²) >= 11 is 0. The molecule has 0 aliphatic carbocycles. The van der Waals surface area contributed by atoms with Gasteiger partial charge in [0.15, 0.2) is 29.1 Å². The maximum Gasteiger partial charge on any atom is 0.351 e. The van der Waals surface area contributed by atoms with E-state index in [9.17, 15) is 38.3 Å². The fourth-order valence-corrected chi connectivity index (χ4v) is 13.7. The lowest BCUT2D eigenvalue weighted by molar-refractivity contribution is -0.114. The van der Waals surface area contributed by atoms with Crippen LogP contribution in [0.1, 0.15) is 40.3 Å². The number of nitrogens with one attached hydrogen (secondary N) is 1. The summed E-state index contributed by atoms with van der Waals surface area (Å²) in [5, 5.41) is 33.7. The average Bonchev–Trinajstić information content (AvgIpc) is 1.66. The average molecular weight is 1590 g/mol. The van der Waals surface area contributed by atoms with Gasteiger partial charge in [-0.2, -0.15) is 0 Å². The molecule has 592 valence electrons. The first-order chi connectivity index (χ1) is 57.6. The molecular weight excluding hydrogens is 1520 g/mol. The smallest absolute Gasteiger partial charge is 0.351 e. The molecule has 35 nitrogen and oxygen atoms in total. The van der Waals surface area contributed by atoms with Crippen molar-refractivity contribution in [3.05, 3.63) is 334 Å². The number of aliphatic hydroxyl groups is 1. The normalized spacial score (nSPS) is 11.3. The number of carbonyl (C=O) groups excluding carboxylic acids is 1. The Bertz CT molecular complexity index is 7660.